The van der Waals surface area contributed by atoms with Crippen LogP contribution in [0, 0.1) is 31.3 Å². The highest BCUT2D eigenvalue weighted by Crippen LogP contribution is 2.30. The predicted molar refractivity (Wildman–Crippen MR) is 116 cm³/mol. The van der Waals surface area contributed by atoms with Crippen LogP contribution >= 0.6 is 0 Å². The average molecular weight is 451 g/mol. The summed E-state index contributed by atoms with van der Waals surface area (Å²) < 4.78 is 50.1. The number of ether oxygens (including phenoxy) is 1. The number of hydrogen-bond donors (Lipinski definition) is 0. The summed E-state index contributed by atoms with van der Waals surface area (Å²) in [6, 6.07) is 7.90. The Morgan fingerprint density at radius 1 is 1.06 bits per heavy atom. The third-order valence-corrected chi connectivity index (χ3v) is 5.48. The zero-order valence-electron chi connectivity index (χ0n) is 18.0. The monoisotopic (exact) mass is 451 g/mol. The average Bonchev–Trinajstić information content (AvgIpc) is 3.41. The molecule has 6 nitrogen and oxygen atoms in total. The first-order valence-corrected chi connectivity index (χ1v) is 10.4. The van der Waals surface area contributed by atoms with Gasteiger partial charge in [0, 0.05) is 11.9 Å². The minimum absolute atomic E-state index is 0.149. The zero-order valence-corrected chi connectivity index (χ0v) is 18.0. The minimum atomic E-state index is -1.51. The molecule has 0 saturated heterocycles. The van der Waals surface area contributed by atoms with Gasteiger partial charge in [0.25, 0.3) is 0 Å². The van der Waals surface area contributed by atoms with Crippen molar-refractivity contribution in [3.63, 3.8) is 0 Å². The number of fused-ring (bicyclic) bond motifs is 1. The molecule has 9 heteroatoms. The van der Waals surface area contributed by atoms with E-state index in [-0.39, 0.29) is 5.56 Å². The lowest BCUT2D eigenvalue weighted by atomic mass is 10.1. The first kappa shape index (κ1) is 21.1. The lowest BCUT2D eigenvalue weighted by Crippen LogP contribution is -2.24. The van der Waals surface area contributed by atoms with Crippen molar-refractivity contribution in [3.8, 4) is 5.69 Å². The highest BCUT2D eigenvalue weighted by Gasteiger charge is 2.28. The number of rotatable bonds is 4. The van der Waals surface area contributed by atoms with Crippen LogP contribution in [0.1, 0.15) is 40.1 Å². The molecule has 0 N–H and O–H groups in total. The molecule has 0 bridgehead atoms. The Morgan fingerprint density at radius 3 is 2.55 bits per heavy atom. The van der Waals surface area contributed by atoms with E-state index >= 15 is 0 Å². The minimum Gasteiger partial charge on any atom is -0.364 e. The quantitative estimate of drug-likeness (QED) is 0.419. The van der Waals surface area contributed by atoms with Crippen molar-refractivity contribution in [3.05, 3.63) is 94.3 Å². The summed E-state index contributed by atoms with van der Waals surface area (Å²) in [5.74, 6) is -3.20. The van der Waals surface area contributed by atoms with E-state index < -0.39 is 23.6 Å². The van der Waals surface area contributed by atoms with Gasteiger partial charge in [0.1, 0.15) is 6.10 Å². The normalized spacial score (nSPS) is 15.8. The largest absolute Gasteiger partial charge is 0.364 e. The third-order valence-electron chi connectivity index (χ3n) is 5.48. The topological polar surface area (TPSA) is 57.8 Å². The second-order valence-corrected chi connectivity index (χ2v) is 7.90. The van der Waals surface area contributed by atoms with Gasteiger partial charge in [0.15, 0.2) is 29.1 Å². The Balaban J connectivity index is 1.40. The van der Waals surface area contributed by atoms with Gasteiger partial charge in [-0.15, -0.1) is 0 Å². The van der Waals surface area contributed by atoms with Crippen molar-refractivity contribution in [2.24, 2.45) is 0 Å². The Labute approximate surface area is 188 Å². The number of aromatic nitrogens is 5. The Morgan fingerprint density at radius 2 is 1.85 bits per heavy atom. The molecule has 0 saturated carbocycles. The second-order valence-electron chi connectivity index (χ2n) is 7.90. The summed E-state index contributed by atoms with van der Waals surface area (Å²) in [5.41, 5.74) is 4.19. The van der Waals surface area contributed by atoms with Gasteiger partial charge in [0.2, 0.25) is 0 Å². The lowest BCUT2D eigenvalue weighted by molar-refractivity contribution is 0.0385. The Bertz CT molecular complexity index is 1350. The highest BCUT2D eigenvalue weighted by atomic mass is 19.2. The Hall–Kier alpha value is -3.72. The molecule has 1 aliphatic heterocycles. The molecule has 0 aliphatic carbocycles. The van der Waals surface area contributed by atoms with E-state index in [1.54, 1.807) is 17.1 Å². The van der Waals surface area contributed by atoms with Crippen molar-refractivity contribution < 1.29 is 17.9 Å². The van der Waals surface area contributed by atoms with Crippen molar-refractivity contribution in [2.75, 3.05) is 6.61 Å². The molecule has 0 amide bonds. The second kappa shape index (κ2) is 8.32. The van der Waals surface area contributed by atoms with Crippen LogP contribution in [0.5, 0.6) is 0 Å². The van der Waals surface area contributed by atoms with Crippen molar-refractivity contribution in [1.29, 1.82) is 0 Å². The highest BCUT2D eigenvalue weighted by molar-refractivity contribution is 5.68. The molecule has 2 aromatic carbocycles. The van der Waals surface area contributed by atoms with E-state index in [9.17, 15) is 13.2 Å². The molecule has 168 valence electrons. The molecule has 0 radical (unpaired) electrons. The number of nitrogens with zero attached hydrogens (tertiary/aromatic N) is 5. The fraction of sp³-hybridized carbons (Fsp3) is 0.208. The van der Waals surface area contributed by atoms with E-state index in [0.717, 1.165) is 34.6 Å². The molecule has 0 fully saturated rings. The summed E-state index contributed by atoms with van der Waals surface area (Å²) in [7, 11) is 0. The zero-order chi connectivity index (χ0) is 23.1. The first-order valence-electron chi connectivity index (χ1n) is 10.4. The van der Waals surface area contributed by atoms with Gasteiger partial charge in [-0.25, -0.2) is 27.8 Å². The first-order chi connectivity index (χ1) is 15.9. The van der Waals surface area contributed by atoms with Crippen LogP contribution in [0.15, 0.2) is 42.9 Å². The van der Waals surface area contributed by atoms with E-state index in [2.05, 4.69) is 15.1 Å². The van der Waals surface area contributed by atoms with Gasteiger partial charge in [-0.1, -0.05) is 12.1 Å². The van der Waals surface area contributed by atoms with Gasteiger partial charge < -0.3 is 9.30 Å². The number of hydrogen-bond acceptors (Lipinski definition) is 4. The van der Waals surface area contributed by atoms with Gasteiger partial charge in [-0.2, -0.15) is 5.10 Å². The molecular weight excluding hydrogens is 431 g/mol. The summed E-state index contributed by atoms with van der Waals surface area (Å²) >= 11 is 0. The van der Waals surface area contributed by atoms with Crippen LogP contribution in [0.4, 0.5) is 13.2 Å². The summed E-state index contributed by atoms with van der Waals surface area (Å²) in [5, 5.41) is 4.46. The van der Waals surface area contributed by atoms with E-state index in [1.165, 1.54) is 0 Å². The molecule has 3 heterocycles. The van der Waals surface area contributed by atoms with Crippen molar-refractivity contribution in [2.45, 2.75) is 26.5 Å². The van der Waals surface area contributed by atoms with Gasteiger partial charge in [-0.05, 0) is 60.9 Å². The molecular formula is C24H20F3N5O. The van der Waals surface area contributed by atoms with E-state index in [4.69, 9.17) is 4.74 Å². The van der Waals surface area contributed by atoms with Crippen LogP contribution in [-0.4, -0.2) is 30.9 Å². The van der Waals surface area contributed by atoms with Crippen LogP contribution in [0.3, 0.4) is 0 Å². The molecule has 1 aliphatic rings. The van der Waals surface area contributed by atoms with Gasteiger partial charge in [-0.3, -0.25) is 0 Å². The number of imidazole rings is 1. The van der Waals surface area contributed by atoms with Crippen LogP contribution in [-0.2, 0) is 11.3 Å². The predicted octanol–water partition coefficient (Wildman–Crippen LogP) is 4.79. The molecule has 2 aromatic heterocycles. The van der Waals surface area contributed by atoms with E-state index in [1.807, 2.05) is 48.9 Å². The standard InChI is InChI=1S/C24H20F3N5O/c1-14-9-16(3-5-20(14)31-12-15(2)28-13-31)4-6-21-29-24-23(33-8-7-32(24)30-21)17-10-18(25)22(27)19(26)11-17/h3-6,9-13,23H,7-8H2,1-2H3/b6-4+/t23-/m0/s1. The summed E-state index contributed by atoms with van der Waals surface area (Å²) in [6.07, 6.45) is 6.57. The van der Waals surface area contributed by atoms with Crippen LogP contribution < -0.4 is 0 Å². The summed E-state index contributed by atoms with van der Waals surface area (Å²) in [4.78, 5) is 8.75. The van der Waals surface area contributed by atoms with Crippen molar-refractivity contribution in [1.82, 2.24) is 24.3 Å². The van der Waals surface area contributed by atoms with Gasteiger partial charge in [0.05, 0.1) is 25.2 Å². The Kier molecular flexibility index (Phi) is 5.33. The lowest BCUT2D eigenvalue weighted by Gasteiger charge is -2.23. The van der Waals surface area contributed by atoms with E-state index in [0.29, 0.717) is 24.8 Å². The van der Waals surface area contributed by atoms with Crippen LogP contribution in [0.2, 0.25) is 0 Å². The third kappa shape index (κ3) is 4.07. The van der Waals surface area contributed by atoms with Crippen molar-refractivity contribution >= 4 is 12.2 Å². The molecule has 1 atom stereocenters. The maximum atomic E-state index is 13.7. The fourth-order valence-corrected chi connectivity index (χ4v) is 3.90. The number of aryl methyl sites for hydroxylation is 2. The molecule has 33 heavy (non-hydrogen) atoms. The summed E-state index contributed by atoms with van der Waals surface area (Å²) in [6.45, 7) is 4.72. The molecule has 0 unspecified atom stereocenters. The molecule has 0 spiro atoms. The van der Waals surface area contributed by atoms with Crippen LogP contribution in [0.25, 0.3) is 17.8 Å². The fourth-order valence-electron chi connectivity index (χ4n) is 3.90. The number of halogens is 3. The maximum Gasteiger partial charge on any atom is 0.194 e. The molecule has 5 rings (SSSR count). The van der Waals surface area contributed by atoms with Gasteiger partial charge >= 0.3 is 0 Å². The smallest absolute Gasteiger partial charge is 0.194 e. The molecule has 4 aromatic rings. The SMILES string of the molecule is Cc1cn(-c2ccc(/C=C/c3nc4n(n3)CCO[C@H]4c3cc(F)c(F)c(F)c3)cc2C)cn1. The maximum absolute atomic E-state index is 13.7. The number of benzene rings is 2.